The monoisotopic (exact) mass is 269 g/mol. The second-order valence-electron chi connectivity index (χ2n) is 4.03. The number of rotatable bonds is 5. The number of aromatic nitrogens is 2. The minimum Gasteiger partial charge on any atom is -0.367 e. The van der Waals surface area contributed by atoms with Crippen LogP contribution in [-0.2, 0) is 6.42 Å². The van der Waals surface area contributed by atoms with Gasteiger partial charge in [0, 0.05) is 16.8 Å². The lowest BCUT2D eigenvalue weighted by Crippen LogP contribution is -2.16. The number of anilines is 1. The van der Waals surface area contributed by atoms with Gasteiger partial charge in [0.1, 0.15) is 17.0 Å². The van der Waals surface area contributed by atoms with Gasteiger partial charge in [-0.05, 0) is 25.8 Å². The summed E-state index contributed by atoms with van der Waals surface area (Å²) in [5.74, 6) is 1.58. The highest BCUT2D eigenvalue weighted by molar-refractivity contribution is 7.18. The minimum absolute atomic E-state index is 0.329. The second-order valence-corrected chi connectivity index (χ2v) is 5.52. The van der Waals surface area contributed by atoms with Crippen LogP contribution in [0.4, 0.5) is 5.82 Å². The molecule has 0 fully saturated rings. The molecule has 0 amide bonds. The summed E-state index contributed by atoms with van der Waals surface area (Å²) in [5.41, 5.74) is 0. The van der Waals surface area contributed by atoms with Gasteiger partial charge >= 0.3 is 0 Å². The number of nitrogens with zero attached hydrogens (tertiary/aromatic N) is 2. The zero-order valence-corrected chi connectivity index (χ0v) is 11.6. The van der Waals surface area contributed by atoms with Crippen molar-refractivity contribution in [3.63, 3.8) is 0 Å². The highest BCUT2D eigenvalue weighted by atomic mass is 35.5. The van der Waals surface area contributed by atoms with Crippen LogP contribution in [0.5, 0.6) is 0 Å². The van der Waals surface area contributed by atoms with Crippen molar-refractivity contribution in [2.24, 2.45) is 0 Å². The number of hydrogen-bond acceptors (Lipinski definition) is 4. The molecule has 0 aromatic carbocycles. The van der Waals surface area contributed by atoms with E-state index in [2.05, 4.69) is 35.2 Å². The quantitative estimate of drug-likeness (QED) is 0.842. The molecule has 3 nitrogen and oxygen atoms in total. The third-order valence-corrected chi connectivity index (χ3v) is 4.06. The van der Waals surface area contributed by atoms with Gasteiger partial charge in [-0.3, -0.25) is 0 Å². The Bertz CT molecular complexity index is 497. The Morgan fingerprint density at radius 3 is 3.00 bits per heavy atom. The molecular weight excluding hydrogens is 254 g/mol. The summed E-state index contributed by atoms with van der Waals surface area (Å²) < 4.78 is 0. The molecular formula is C12H16ClN3S. The Kier molecular flexibility index (Phi) is 4.18. The molecule has 0 saturated heterocycles. The van der Waals surface area contributed by atoms with Crippen LogP contribution >= 0.6 is 22.9 Å². The van der Waals surface area contributed by atoms with Crippen LogP contribution in [0.1, 0.15) is 25.1 Å². The first-order chi connectivity index (χ1) is 8.24. The summed E-state index contributed by atoms with van der Waals surface area (Å²) in [6, 6.07) is 2.51. The van der Waals surface area contributed by atoms with Gasteiger partial charge in [0.15, 0.2) is 0 Å². The number of thiophene rings is 1. The van der Waals surface area contributed by atoms with Gasteiger partial charge < -0.3 is 5.32 Å². The highest BCUT2D eigenvalue weighted by Crippen LogP contribution is 2.28. The molecule has 1 atom stereocenters. The highest BCUT2D eigenvalue weighted by Gasteiger charge is 2.09. The van der Waals surface area contributed by atoms with Gasteiger partial charge in [0.25, 0.3) is 0 Å². The summed E-state index contributed by atoms with van der Waals surface area (Å²) in [6.07, 6.45) is 3.59. The van der Waals surface area contributed by atoms with Gasteiger partial charge in [-0.2, -0.15) is 0 Å². The zero-order chi connectivity index (χ0) is 12.3. The van der Waals surface area contributed by atoms with Crippen molar-refractivity contribution in [3.05, 3.63) is 17.3 Å². The van der Waals surface area contributed by atoms with Crippen LogP contribution in [0, 0.1) is 0 Å². The average molecular weight is 270 g/mol. The van der Waals surface area contributed by atoms with Crippen molar-refractivity contribution in [1.29, 1.82) is 0 Å². The van der Waals surface area contributed by atoms with Gasteiger partial charge in [-0.25, -0.2) is 9.97 Å². The molecule has 2 aromatic heterocycles. The maximum atomic E-state index is 5.74. The third kappa shape index (κ3) is 2.87. The Labute approximate surface area is 110 Å². The van der Waals surface area contributed by atoms with Crippen LogP contribution in [0.2, 0.25) is 0 Å². The molecule has 2 aromatic rings. The van der Waals surface area contributed by atoms with E-state index in [4.69, 9.17) is 11.6 Å². The molecule has 0 spiro atoms. The molecule has 17 heavy (non-hydrogen) atoms. The van der Waals surface area contributed by atoms with E-state index in [0.717, 1.165) is 28.9 Å². The van der Waals surface area contributed by atoms with E-state index in [9.17, 15) is 0 Å². The van der Waals surface area contributed by atoms with Crippen LogP contribution < -0.4 is 5.32 Å². The number of halogens is 1. The van der Waals surface area contributed by atoms with Gasteiger partial charge in [0.2, 0.25) is 0 Å². The summed E-state index contributed by atoms with van der Waals surface area (Å²) in [7, 11) is 0. The summed E-state index contributed by atoms with van der Waals surface area (Å²) in [4.78, 5) is 11.0. The predicted octanol–water partition coefficient (Wildman–Crippen LogP) is 3.68. The molecule has 0 bridgehead atoms. The van der Waals surface area contributed by atoms with Crippen molar-refractivity contribution in [2.75, 3.05) is 11.2 Å². The molecule has 1 unspecified atom stereocenters. The second kappa shape index (κ2) is 5.65. The topological polar surface area (TPSA) is 37.8 Å². The van der Waals surface area contributed by atoms with E-state index in [1.807, 2.05) is 0 Å². The van der Waals surface area contributed by atoms with Crippen molar-refractivity contribution in [1.82, 2.24) is 9.97 Å². The molecule has 0 aliphatic carbocycles. The molecule has 0 saturated carbocycles. The maximum Gasteiger partial charge on any atom is 0.138 e. The number of hydrogen-bond donors (Lipinski definition) is 1. The molecule has 0 aliphatic rings. The van der Waals surface area contributed by atoms with E-state index in [-0.39, 0.29) is 0 Å². The van der Waals surface area contributed by atoms with Crippen LogP contribution in [0.25, 0.3) is 10.2 Å². The first-order valence-electron chi connectivity index (χ1n) is 5.80. The molecule has 0 aliphatic heterocycles. The zero-order valence-electron chi connectivity index (χ0n) is 10.0. The third-order valence-electron chi connectivity index (χ3n) is 2.65. The first-order valence-corrected chi connectivity index (χ1v) is 7.15. The van der Waals surface area contributed by atoms with Crippen molar-refractivity contribution < 1.29 is 0 Å². The largest absolute Gasteiger partial charge is 0.367 e. The molecule has 5 heteroatoms. The lowest BCUT2D eigenvalue weighted by atomic mass is 10.2. The standard InChI is InChI=1S/C12H16ClN3S/c1-3-9-6-10-11(16-8(2)4-5-13)14-7-15-12(10)17-9/h6-8H,3-5H2,1-2H3,(H,14,15,16). The normalized spacial score (nSPS) is 12.9. The van der Waals surface area contributed by atoms with Crippen molar-refractivity contribution >= 4 is 39.0 Å². The van der Waals surface area contributed by atoms with Crippen LogP contribution in [0.3, 0.4) is 0 Å². The fraction of sp³-hybridized carbons (Fsp3) is 0.500. The van der Waals surface area contributed by atoms with E-state index in [1.165, 1.54) is 4.88 Å². The smallest absolute Gasteiger partial charge is 0.138 e. The molecule has 1 N–H and O–H groups in total. The van der Waals surface area contributed by atoms with Crippen LogP contribution in [0.15, 0.2) is 12.4 Å². The van der Waals surface area contributed by atoms with E-state index in [0.29, 0.717) is 11.9 Å². The number of fused-ring (bicyclic) bond motifs is 1. The van der Waals surface area contributed by atoms with Crippen molar-refractivity contribution in [3.8, 4) is 0 Å². The Hall–Kier alpha value is -0.870. The van der Waals surface area contributed by atoms with E-state index >= 15 is 0 Å². The Balaban J connectivity index is 2.30. The Morgan fingerprint density at radius 2 is 2.29 bits per heavy atom. The molecule has 92 valence electrons. The summed E-state index contributed by atoms with van der Waals surface area (Å²) >= 11 is 7.47. The van der Waals surface area contributed by atoms with Crippen LogP contribution in [-0.4, -0.2) is 21.9 Å². The lowest BCUT2D eigenvalue weighted by Gasteiger charge is -2.13. The van der Waals surface area contributed by atoms with E-state index in [1.54, 1.807) is 17.7 Å². The number of nitrogens with one attached hydrogen (secondary N) is 1. The summed E-state index contributed by atoms with van der Waals surface area (Å²) in [5, 5.41) is 4.52. The van der Waals surface area contributed by atoms with Gasteiger partial charge in [-0.15, -0.1) is 22.9 Å². The predicted molar refractivity (Wildman–Crippen MR) is 75.2 cm³/mol. The lowest BCUT2D eigenvalue weighted by molar-refractivity contribution is 0.765. The van der Waals surface area contributed by atoms with Gasteiger partial charge in [-0.1, -0.05) is 6.92 Å². The summed E-state index contributed by atoms with van der Waals surface area (Å²) in [6.45, 7) is 4.27. The van der Waals surface area contributed by atoms with Gasteiger partial charge in [0.05, 0.1) is 5.39 Å². The molecule has 2 heterocycles. The maximum absolute atomic E-state index is 5.74. The van der Waals surface area contributed by atoms with E-state index < -0.39 is 0 Å². The SMILES string of the molecule is CCc1cc2c(NC(C)CCCl)ncnc2s1. The number of alkyl halides is 1. The fourth-order valence-electron chi connectivity index (χ4n) is 1.66. The molecule has 0 radical (unpaired) electrons. The number of aryl methyl sites for hydroxylation is 1. The average Bonchev–Trinajstić information content (AvgIpc) is 2.73. The van der Waals surface area contributed by atoms with Crippen molar-refractivity contribution in [2.45, 2.75) is 32.7 Å². The minimum atomic E-state index is 0.329. The Morgan fingerprint density at radius 1 is 1.47 bits per heavy atom. The molecule has 2 rings (SSSR count). The fourth-order valence-corrected chi connectivity index (χ4v) is 2.93. The first kappa shape index (κ1) is 12.6.